The van der Waals surface area contributed by atoms with Gasteiger partial charge in [-0.2, -0.15) is 13.2 Å². The van der Waals surface area contributed by atoms with E-state index in [0.29, 0.717) is 24.3 Å². The summed E-state index contributed by atoms with van der Waals surface area (Å²) in [5, 5.41) is 3.99. The van der Waals surface area contributed by atoms with E-state index in [4.69, 9.17) is 0 Å². The number of nitrogens with one attached hydrogen (secondary N) is 1. The first kappa shape index (κ1) is 21.8. The van der Waals surface area contributed by atoms with E-state index in [9.17, 15) is 27.6 Å². The van der Waals surface area contributed by atoms with Gasteiger partial charge in [0.05, 0.1) is 22.7 Å². The molecule has 0 radical (unpaired) electrons. The molecule has 0 saturated carbocycles. The molecule has 1 aromatic heterocycles. The van der Waals surface area contributed by atoms with Crippen molar-refractivity contribution in [2.75, 3.05) is 25.5 Å². The van der Waals surface area contributed by atoms with Crippen LogP contribution in [0.25, 0.3) is 0 Å². The molecule has 0 aliphatic carbocycles. The monoisotopic (exact) mass is 439 g/mol. The Morgan fingerprint density at radius 3 is 2.60 bits per heavy atom. The fourth-order valence-electron chi connectivity index (χ4n) is 3.39. The van der Waals surface area contributed by atoms with Gasteiger partial charge < -0.3 is 15.1 Å². The van der Waals surface area contributed by atoms with Crippen molar-refractivity contribution < 1.29 is 27.6 Å². The number of thiophene rings is 1. The van der Waals surface area contributed by atoms with Crippen LogP contribution in [0, 0.1) is 0 Å². The minimum absolute atomic E-state index is 0.238. The Bertz CT molecular complexity index is 931. The van der Waals surface area contributed by atoms with Gasteiger partial charge in [0.15, 0.2) is 0 Å². The number of likely N-dealkylation sites (N-methyl/N-ethyl adjacent to an activating group) is 1. The zero-order valence-corrected chi connectivity index (χ0v) is 16.9. The minimum Gasteiger partial charge on any atom is -0.335 e. The number of alkyl halides is 3. The average molecular weight is 439 g/mol. The second-order valence-electron chi connectivity index (χ2n) is 6.92. The van der Waals surface area contributed by atoms with E-state index in [0.717, 1.165) is 17.0 Å². The summed E-state index contributed by atoms with van der Waals surface area (Å²) in [6.45, 7) is 0.00862. The zero-order chi connectivity index (χ0) is 21.9. The number of hydrogen-bond acceptors (Lipinski definition) is 4. The maximum atomic E-state index is 13.1. The molecule has 30 heavy (non-hydrogen) atoms. The van der Waals surface area contributed by atoms with Crippen molar-refractivity contribution in [3.05, 3.63) is 52.2 Å². The highest BCUT2D eigenvalue weighted by atomic mass is 32.1. The molecule has 2 heterocycles. The van der Waals surface area contributed by atoms with Gasteiger partial charge in [0.25, 0.3) is 5.91 Å². The molecule has 1 atom stereocenters. The summed E-state index contributed by atoms with van der Waals surface area (Å²) in [5.74, 6) is -1.41. The molecule has 6 nitrogen and oxygen atoms in total. The van der Waals surface area contributed by atoms with Gasteiger partial charge in [-0.05, 0) is 36.4 Å². The number of halogens is 3. The normalized spacial score (nSPS) is 16.4. The highest BCUT2D eigenvalue weighted by Gasteiger charge is 2.37. The fraction of sp³-hybridized carbons (Fsp3) is 0.350. The third-order valence-corrected chi connectivity index (χ3v) is 5.65. The molecule has 1 aliphatic heterocycles. The Morgan fingerprint density at radius 1 is 1.20 bits per heavy atom. The Hall–Kier alpha value is -2.88. The van der Waals surface area contributed by atoms with Crippen molar-refractivity contribution in [3.8, 4) is 0 Å². The van der Waals surface area contributed by atoms with Gasteiger partial charge in [-0.3, -0.25) is 14.4 Å². The first-order valence-electron chi connectivity index (χ1n) is 9.24. The summed E-state index contributed by atoms with van der Waals surface area (Å²) in [4.78, 5) is 40.9. The third-order valence-electron chi connectivity index (χ3n) is 4.79. The van der Waals surface area contributed by atoms with E-state index >= 15 is 0 Å². The van der Waals surface area contributed by atoms with Crippen LogP contribution in [-0.2, 0) is 15.8 Å². The molecule has 0 bridgehead atoms. The number of rotatable bonds is 5. The summed E-state index contributed by atoms with van der Waals surface area (Å²) in [5.41, 5.74) is -1.33. The molecule has 2 aromatic rings. The van der Waals surface area contributed by atoms with E-state index in [1.165, 1.54) is 35.4 Å². The number of amides is 3. The molecule has 0 unspecified atom stereocenters. The highest BCUT2D eigenvalue weighted by molar-refractivity contribution is 7.12. The number of carbonyl (C=O) groups is 3. The number of likely N-dealkylation sites (tertiary alicyclic amines) is 1. The second kappa shape index (κ2) is 8.86. The maximum Gasteiger partial charge on any atom is 0.418 e. The van der Waals surface area contributed by atoms with Crippen molar-refractivity contribution in [1.29, 1.82) is 0 Å². The fourth-order valence-corrected chi connectivity index (χ4v) is 4.06. The molecular weight excluding hydrogens is 419 g/mol. The van der Waals surface area contributed by atoms with E-state index in [1.807, 2.05) is 0 Å². The smallest absolute Gasteiger partial charge is 0.335 e. The maximum absolute atomic E-state index is 13.1. The van der Waals surface area contributed by atoms with Crippen molar-refractivity contribution in [3.63, 3.8) is 0 Å². The van der Waals surface area contributed by atoms with E-state index in [1.54, 1.807) is 17.5 Å². The van der Waals surface area contributed by atoms with Gasteiger partial charge in [-0.25, -0.2) is 0 Å². The zero-order valence-electron chi connectivity index (χ0n) is 16.1. The van der Waals surface area contributed by atoms with E-state index < -0.39 is 36.1 Å². The average Bonchev–Trinajstić information content (AvgIpc) is 3.38. The van der Waals surface area contributed by atoms with Crippen LogP contribution < -0.4 is 5.32 Å². The topological polar surface area (TPSA) is 69.7 Å². The molecule has 160 valence electrons. The lowest BCUT2D eigenvalue weighted by atomic mass is 10.1. The first-order valence-corrected chi connectivity index (χ1v) is 10.1. The molecule has 10 heteroatoms. The van der Waals surface area contributed by atoms with Gasteiger partial charge in [0.1, 0.15) is 6.04 Å². The van der Waals surface area contributed by atoms with Crippen molar-refractivity contribution in [1.82, 2.24) is 9.80 Å². The largest absolute Gasteiger partial charge is 0.418 e. The third kappa shape index (κ3) is 4.81. The number of benzene rings is 1. The van der Waals surface area contributed by atoms with Crippen molar-refractivity contribution in [2.45, 2.75) is 25.1 Å². The lowest BCUT2D eigenvalue weighted by Crippen LogP contribution is -2.48. The number of carbonyl (C=O) groups excluding carboxylic acids is 3. The van der Waals surface area contributed by atoms with Gasteiger partial charge >= 0.3 is 6.18 Å². The van der Waals surface area contributed by atoms with Crippen LogP contribution >= 0.6 is 11.3 Å². The van der Waals surface area contributed by atoms with Crippen LogP contribution in [0.4, 0.5) is 18.9 Å². The van der Waals surface area contributed by atoms with Gasteiger partial charge in [0, 0.05) is 13.6 Å². The number of para-hydroxylation sites is 1. The van der Waals surface area contributed by atoms with Crippen molar-refractivity contribution in [2.24, 2.45) is 0 Å². The summed E-state index contributed by atoms with van der Waals surface area (Å²) in [6.07, 6.45) is -3.48. The molecular formula is C20H20F3N3O3S. The van der Waals surface area contributed by atoms with Gasteiger partial charge in [-0.15, -0.1) is 11.3 Å². The predicted molar refractivity (Wildman–Crippen MR) is 106 cm³/mol. The van der Waals surface area contributed by atoms with Crippen LogP contribution in [-0.4, -0.2) is 53.7 Å². The van der Waals surface area contributed by atoms with E-state index in [-0.39, 0.29) is 11.6 Å². The standard InChI is InChI=1S/C20H20F3N3O3S/c1-25(12-17(27)24-14-7-3-2-6-13(14)20(21,22)23)18(28)15-8-4-10-26(15)19(29)16-9-5-11-30-16/h2-3,5-7,9,11,15H,4,8,10,12H2,1H3,(H,24,27)/t15-/m0/s1. The molecule has 0 spiro atoms. The lowest BCUT2D eigenvalue weighted by molar-refractivity contribution is -0.138. The number of anilines is 1. The predicted octanol–water partition coefficient (Wildman–Crippen LogP) is 3.47. The van der Waals surface area contributed by atoms with Crippen LogP contribution in [0.1, 0.15) is 28.1 Å². The Labute approximate surface area is 175 Å². The summed E-state index contributed by atoms with van der Waals surface area (Å²) >= 11 is 1.28. The second-order valence-corrected chi connectivity index (χ2v) is 7.87. The molecule has 1 N–H and O–H groups in total. The van der Waals surface area contributed by atoms with Crippen LogP contribution in [0.5, 0.6) is 0 Å². The Morgan fingerprint density at radius 2 is 1.93 bits per heavy atom. The molecule has 1 aromatic carbocycles. The van der Waals surface area contributed by atoms with Crippen LogP contribution in [0.15, 0.2) is 41.8 Å². The minimum atomic E-state index is -4.61. The number of hydrogen-bond donors (Lipinski definition) is 1. The van der Waals surface area contributed by atoms with Gasteiger partial charge in [-0.1, -0.05) is 18.2 Å². The van der Waals surface area contributed by atoms with Crippen molar-refractivity contribution >= 4 is 34.7 Å². The molecule has 1 aliphatic rings. The first-order chi connectivity index (χ1) is 14.2. The number of nitrogens with zero attached hydrogens (tertiary/aromatic N) is 2. The van der Waals surface area contributed by atoms with Crippen LogP contribution in [0.3, 0.4) is 0 Å². The van der Waals surface area contributed by atoms with E-state index in [2.05, 4.69) is 5.32 Å². The summed E-state index contributed by atoms with van der Waals surface area (Å²) < 4.78 is 39.2. The lowest BCUT2D eigenvalue weighted by Gasteiger charge is -2.27. The van der Waals surface area contributed by atoms with Crippen LogP contribution in [0.2, 0.25) is 0 Å². The SMILES string of the molecule is CN(CC(=O)Nc1ccccc1C(F)(F)F)C(=O)[C@@H]1CCCN1C(=O)c1cccs1. The molecule has 3 rings (SSSR count). The Balaban J connectivity index is 1.64. The highest BCUT2D eigenvalue weighted by Crippen LogP contribution is 2.34. The Kier molecular flexibility index (Phi) is 6.45. The quantitative estimate of drug-likeness (QED) is 0.776. The molecule has 1 saturated heterocycles. The summed E-state index contributed by atoms with van der Waals surface area (Å²) in [7, 11) is 1.39. The van der Waals surface area contributed by atoms with Gasteiger partial charge in [0.2, 0.25) is 11.8 Å². The summed E-state index contributed by atoms with van der Waals surface area (Å²) in [6, 6.07) is 7.37. The molecule has 1 fully saturated rings. The molecule has 3 amide bonds.